The zero-order chi connectivity index (χ0) is 39.8. The molecule has 4 aromatic rings. The van der Waals surface area contributed by atoms with Gasteiger partial charge in [0.25, 0.3) is 0 Å². The Hall–Kier alpha value is -7.23. The second-order valence-electron chi connectivity index (χ2n) is 11.3. The molecule has 1 fully saturated rings. The summed E-state index contributed by atoms with van der Waals surface area (Å²) in [5, 5.41) is 130. The zero-order valence-electron chi connectivity index (χ0n) is 26.8. The standard InChI is InChI=1S/C33H28O21/c34-9-21-27(46)28(52-30(47)10-3-14(36)22(41)15(37)4-10)29(53-31(48)11-5-16(38)23(42)17(39)6-11)33(51-21)54-32(49)12-7-18(40)24(43)20(8-12)50-19-2-1-13(35)25(44)26(19)45/h1-8,21,27-29,33-46H,9H2. The van der Waals surface area contributed by atoms with E-state index in [9.17, 15) is 80.8 Å². The number of carbonyl (C=O) groups is 3. The molecule has 21 heteroatoms. The van der Waals surface area contributed by atoms with E-state index in [4.69, 9.17) is 23.7 Å². The number of esters is 3. The number of phenolic OH excluding ortho intramolecular Hbond substituents is 11. The Labute approximate surface area is 299 Å². The van der Waals surface area contributed by atoms with E-state index < -0.39 is 147 Å². The van der Waals surface area contributed by atoms with Crippen LogP contribution in [0.2, 0.25) is 0 Å². The molecule has 1 heterocycles. The first kappa shape index (κ1) is 38.0. The minimum atomic E-state index is -2.26. The quantitative estimate of drug-likeness (QED) is 0.0640. The molecule has 0 spiro atoms. The molecule has 13 N–H and O–H groups in total. The molecular weight excluding hydrogens is 732 g/mol. The van der Waals surface area contributed by atoms with E-state index in [0.717, 1.165) is 18.2 Å². The van der Waals surface area contributed by atoms with Crippen LogP contribution in [0.4, 0.5) is 0 Å². The van der Waals surface area contributed by atoms with Crippen molar-refractivity contribution in [1.82, 2.24) is 0 Å². The molecular formula is C33H28O21. The molecule has 1 aliphatic heterocycles. The largest absolute Gasteiger partial charge is 0.504 e. The van der Waals surface area contributed by atoms with Gasteiger partial charge in [-0.05, 0) is 48.5 Å². The van der Waals surface area contributed by atoms with Crippen LogP contribution in [0.3, 0.4) is 0 Å². The van der Waals surface area contributed by atoms with Crippen LogP contribution in [0.5, 0.6) is 74.7 Å². The molecule has 0 amide bonds. The van der Waals surface area contributed by atoms with Gasteiger partial charge >= 0.3 is 17.9 Å². The molecule has 0 aliphatic carbocycles. The van der Waals surface area contributed by atoms with Gasteiger partial charge in [-0.15, -0.1) is 0 Å². The fourth-order valence-electron chi connectivity index (χ4n) is 4.94. The fourth-order valence-corrected chi connectivity index (χ4v) is 4.94. The van der Waals surface area contributed by atoms with Crippen LogP contribution in [-0.4, -0.2) is 122 Å². The van der Waals surface area contributed by atoms with Crippen molar-refractivity contribution in [1.29, 1.82) is 0 Å². The fraction of sp³-hybridized carbons (Fsp3) is 0.182. The summed E-state index contributed by atoms with van der Waals surface area (Å²) < 4.78 is 26.7. The molecule has 1 aliphatic rings. The number of aliphatic hydroxyl groups is 2. The average molecular weight is 761 g/mol. The van der Waals surface area contributed by atoms with Crippen LogP contribution in [-0.2, 0) is 18.9 Å². The topological polar surface area (TPSA) is 360 Å². The molecule has 5 rings (SSSR count). The summed E-state index contributed by atoms with van der Waals surface area (Å²) in [4.78, 5) is 39.9. The Bertz CT molecular complexity index is 2080. The maximum atomic E-state index is 13.5. The summed E-state index contributed by atoms with van der Waals surface area (Å²) in [5.74, 6) is -16.6. The number of aliphatic hydroxyl groups excluding tert-OH is 2. The zero-order valence-corrected chi connectivity index (χ0v) is 26.8. The van der Waals surface area contributed by atoms with Crippen LogP contribution >= 0.6 is 0 Å². The van der Waals surface area contributed by atoms with Crippen LogP contribution in [0.1, 0.15) is 31.1 Å². The van der Waals surface area contributed by atoms with Crippen molar-refractivity contribution >= 4 is 17.9 Å². The van der Waals surface area contributed by atoms with Crippen molar-refractivity contribution in [2.75, 3.05) is 6.61 Å². The van der Waals surface area contributed by atoms with Gasteiger partial charge in [-0.1, -0.05) is 0 Å². The van der Waals surface area contributed by atoms with E-state index in [2.05, 4.69) is 0 Å². The van der Waals surface area contributed by atoms with Crippen LogP contribution < -0.4 is 4.74 Å². The summed E-state index contributed by atoms with van der Waals surface area (Å²) >= 11 is 0. The van der Waals surface area contributed by atoms with E-state index in [1.165, 1.54) is 0 Å². The van der Waals surface area contributed by atoms with Gasteiger partial charge in [-0.25, -0.2) is 14.4 Å². The van der Waals surface area contributed by atoms with Crippen LogP contribution in [0, 0.1) is 0 Å². The Morgan fingerprint density at radius 1 is 0.519 bits per heavy atom. The Morgan fingerprint density at radius 3 is 1.46 bits per heavy atom. The lowest BCUT2D eigenvalue weighted by Crippen LogP contribution is -2.62. The number of aromatic hydroxyl groups is 11. The van der Waals surface area contributed by atoms with Gasteiger partial charge in [0, 0.05) is 0 Å². The highest BCUT2D eigenvalue weighted by molar-refractivity contribution is 5.93. The summed E-state index contributed by atoms with van der Waals surface area (Å²) in [6.07, 6.45) is -10.6. The predicted molar refractivity (Wildman–Crippen MR) is 170 cm³/mol. The molecule has 0 aromatic heterocycles. The third-order valence-corrected chi connectivity index (χ3v) is 7.72. The lowest BCUT2D eigenvalue weighted by atomic mass is 9.98. The van der Waals surface area contributed by atoms with Gasteiger partial charge in [-0.2, -0.15) is 0 Å². The lowest BCUT2D eigenvalue weighted by Gasteiger charge is -2.42. The SMILES string of the molecule is O=C(OC1OC(CO)C(O)C(OC(=O)c2cc(O)c(O)c(O)c2)C1OC(=O)c1cc(O)c(O)c(O)c1)c1cc(O)c(O)c(Oc2ccc(O)c(O)c2O)c1. The van der Waals surface area contributed by atoms with Crippen molar-refractivity contribution in [3.05, 3.63) is 65.2 Å². The van der Waals surface area contributed by atoms with E-state index >= 15 is 0 Å². The third kappa shape index (κ3) is 7.38. The lowest BCUT2D eigenvalue weighted by molar-refractivity contribution is -0.283. The van der Waals surface area contributed by atoms with E-state index in [-0.39, 0.29) is 0 Å². The van der Waals surface area contributed by atoms with Gasteiger partial charge < -0.3 is 90.1 Å². The average Bonchev–Trinajstić information content (AvgIpc) is 3.13. The number of carbonyl (C=O) groups excluding carboxylic acids is 3. The monoisotopic (exact) mass is 760 g/mol. The molecule has 286 valence electrons. The number of hydrogen-bond donors (Lipinski definition) is 13. The van der Waals surface area contributed by atoms with Gasteiger partial charge in [-0.3, -0.25) is 0 Å². The Balaban J connectivity index is 1.52. The molecule has 4 aromatic carbocycles. The molecule has 54 heavy (non-hydrogen) atoms. The van der Waals surface area contributed by atoms with Gasteiger partial charge in [0.1, 0.15) is 12.2 Å². The number of rotatable bonds is 9. The smallest absolute Gasteiger partial charge is 0.340 e. The number of hydrogen-bond acceptors (Lipinski definition) is 21. The van der Waals surface area contributed by atoms with Crippen molar-refractivity contribution in [3.63, 3.8) is 0 Å². The highest BCUT2D eigenvalue weighted by Gasteiger charge is 2.52. The highest BCUT2D eigenvalue weighted by Crippen LogP contribution is 2.47. The van der Waals surface area contributed by atoms with Crippen molar-refractivity contribution in [3.8, 4) is 74.7 Å². The number of ether oxygens (including phenoxy) is 5. The van der Waals surface area contributed by atoms with Gasteiger partial charge in [0.15, 0.2) is 63.6 Å². The van der Waals surface area contributed by atoms with Crippen molar-refractivity contribution in [2.45, 2.75) is 30.7 Å². The molecule has 5 unspecified atom stereocenters. The van der Waals surface area contributed by atoms with Gasteiger partial charge in [0.05, 0.1) is 23.3 Å². The van der Waals surface area contributed by atoms with Crippen molar-refractivity contribution < 1.29 is 104 Å². The Morgan fingerprint density at radius 2 is 0.963 bits per heavy atom. The normalized spacial score (nSPS) is 19.4. The van der Waals surface area contributed by atoms with Crippen molar-refractivity contribution in [2.24, 2.45) is 0 Å². The first-order valence-electron chi connectivity index (χ1n) is 15.0. The second-order valence-corrected chi connectivity index (χ2v) is 11.3. The molecule has 0 radical (unpaired) electrons. The van der Waals surface area contributed by atoms with Crippen LogP contribution in [0.15, 0.2) is 48.5 Å². The first-order valence-corrected chi connectivity index (χ1v) is 15.0. The maximum absolute atomic E-state index is 13.5. The number of phenols is 11. The van der Waals surface area contributed by atoms with E-state index in [1.807, 2.05) is 0 Å². The molecule has 5 atom stereocenters. The van der Waals surface area contributed by atoms with E-state index in [0.29, 0.717) is 30.3 Å². The van der Waals surface area contributed by atoms with Crippen LogP contribution in [0.25, 0.3) is 0 Å². The number of benzene rings is 4. The first-order chi connectivity index (χ1) is 25.4. The highest BCUT2D eigenvalue weighted by atomic mass is 16.7. The minimum Gasteiger partial charge on any atom is -0.504 e. The summed E-state index contributed by atoms with van der Waals surface area (Å²) in [6.45, 7) is -1.06. The van der Waals surface area contributed by atoms with E-state index in [1.54, 1.807) is 0 Å². The second kappa shape index (κ2) is 14.8. The molecule has 0 bridgehead atoms. The Kier molecular flexibility index (Phi) is 10.4. The maximum Gasteiger partial charge on any atom is 0.340 e. The summed E-state index contributed by atoms with van der Waals surface area (Å²) in [6, 6.07) is 5.76. The summed E-state index contributed by atoms with van der Waals surface area (Å²) in [5.41, 5.74) is -1.98. The molecule has 0 saturated carbocycles. The minimum absolute atomic E-state index is 0.584. The van der Waals surface area contributed by atoms with Gasteiger partial charge in [0.2, 0.25) is 29.6 Å². The molecule has 21 nitrogen and oxygen atoms in total. The summed E-state index contributed by atoms with van der Waals surface area (Å²) in [7, 11) is 0. The molecule has 1 saturated heterocycles. The third-order valence-electron chi connectivity index (χ3n) is 7.72. The predicted octanol–water partition coefficient (Wildman–Crippen LogP) is 0.927.